The Balaban J connectivity index is 0.00000112. The van der Waals surface area contributed by atoms with Crippen LogP contribution in [-0.4, -0.2) is 36.1 Å². The second kappa shape index (κ2) is 6.10. The number of rotatable bonds is 1. The summed E-state index contributed by atoms with van der Waals surface area (Å²) in [5.41, 5.74) is 0. The van der Waals surface area contributed by atoms with Gasteiger partial charge in [-0.15, -0.1) is 12.4 Å². The molecule has 0 radical (unpaired) electrons. The second-order valence-electron chi connectivity index (χ2n) is 3.27. The summed E-state index contributed by atoms with van der Waals surface area (Å²) in [7, 11) is 0. The standard InChI is InChI=1S/C9H13ClN4.ClH/c10-9-12-4-2-8(13-9)14-6-1-3-11-5-7-14;/h2,4,11H,1,3,5-7H2;1H. The number of anilines is 1. The van der Waals surface area contributed by atoms with Crippen LogP contribution in [0.15, 0.2) is 12.3 Å². The Hall–Kier alpha value is -0.580. The topological polar surface area (TPSA) is 41.1 Å². The van der Waals surface area contributed by atoms with E-state index in [9.17, 15) is 0 Å². The Kier molecular flexibility index (Phi) is 5.08. The molecule has 2 rings (SSSR count). The minimum atomic E-state index is 0. The number of halogens is 2. The Bertz CT molecular complexity index is 300. The maximum absolute atomic E-state index is 5.74. The minimum Gasteiger partial charge on any atom is -0.355 e. The van der Waals surface area contributed by atoms with Gasteiger partial charge in [0.05, 0.1) is 0 Å². The molecular formula is C9H14Cl2N4. The summed E-state index contributed by atoms with van der Waals surface area (Å²) < 4.78 is 0. The predicted molar refractivity (Wildman–Crippen MR) is 64.0 cm³/mol. The van der Waals surface area contributed by atoms with Crippen LogP contribution in [0.3, 0.4) is 0 Å². The van der Waals surface area contributed by atoms with Gasteiger partial charge in [-0.2, -0.15) is 0 Å². The summed E-state index contributed by atoms with van der Waals surface area (Å²) in [5, 5.41) is 3.66. The van der Waals surface area contributed by atoms with E-state index < -0.39 is 0 Å². The van der Waals surface area contributed by atoms with Crippen molar-refractivity contribution in [2.45, 2.75) is 6.42 Å². The fourth-order valence-corrected chi connectivity index (χ4v) is 1.72. The molecule has 0 atom stereocenters. The lowest BCUT2D eigenvalue weighted by molar-refractivity contribution is 0.724. The molecule has 0 spiro atoms. The largest absolute Gasteiger partial charge is 0.355 e. The van der Waals surface area contributed by atoms with Crippen molar-refractivity contribution in [1.82, 2.24) is 15.3 Å². The molecule has 1 N–H and O–H groups in total. The van der Waals surface area contributed by atoms with E-state index in [0.717, 1.165) is 38.4 Å². The van der Waals surface area contributed by atoms with Gasteiger partial charge < -0.3 is 10.2 Å². The van der Waals surface area contributed by atoms with Gasteiger partial charge in [0.2, 0.25) is 5.28 Å². The highest BCUT2D eigenvalue weighted by molar-refractivity contribution is 6.28. The van der Waals surface area contributed by atoms with E-state index in [1.165, 1.54) is 0 Å². The van der Waals surface area contributed by atoms with Crippen molar-refractivity contribution in [2.24, 2.45) is 0 Å². The highest BCUT2D eigenvalue weighted by Crippen LogP contribution is 2.12. The van der Waals surface area contributed by atoms with Gasteiger partial charge in [0, 0.05) is 25.8 Å². The molecule has 4 nitrogen and oxygen atoms in total. The van der Waals surface area contributed by atoms with E-state index >= 15 is 0 Å². The van der Waals surface area contributed by atoms with Gasteiger partial charge in [-0.05, 0) is 30.6 Å². The molecule has 1 aliphatic rings. The Morgan fingerprint density at radius 3 is 3.00 bits per heavy atom. The number of aromatic nitrogens is 2. The van der Waals surface area contributed by atoms with Crippen LogP contribution >= 0.6 is 24.0 Å². The van der Waals surface area contributed by atoms with Crippen LogP contribution in [0.5, 0.6) is 0 Å². The number of hydrogen-bond donors (Lipinski definition) is 1. The SMILES string of the molecule is Cl.Clc1nccc(N2CCCNCC2)n1. The third-order valence-electron chi connectivity index (χ3n) is 2.28. The average molecular weight is 249 g/mol. The molecule has 1 aromatic heterocycles. The van der Waals surface area contributed by atoms with Crippen LogP contribution in [0, 0.1) is 0 Å². The number of nitrogens with one attached hydrogen (secondary N) is 1. The molecule has 2 heterocycles. The first-order valence-electron chi connectivity index (χ1n) is 4.80. The van der Waals surface area contributed by atoms with Crippen molar-refractivity contribution in [3.05, 3.63) is 17.5 Å². The van der Waals surface area contributed by atoms with Gasteiger partial charge in [-0.1, -0.05) is 0 Å². The van der Waals surface area contributed by atoms with E-state index in [2.05, 4.69) is 20.2 Å². The molecule has 0 aliphatic carbocycles. The van der Waals surface area contributed by atoms with Crippen molar-refractivity contribution < 1.29 is 0 Å². The zero-order valence-corrected chi connectivity index (χ0v) is 9.89. The Morgan fingerprint density at radius 1 is 1.33 bits per heavy atom. The van der Waals surface area contributed by atoms with Crippen molar-refractivity contribution in [2.75, 3.05) is 31.1 Å². The average Bonchev–Trinajstić information content (AvgIpc) is 2.45. The molecule has 15 heavy (non-hydrogen) atoms. The van der Waals surface area contributed by atoms with Crippen molar-refractivity contribution in [3.8, 4) is 0 Å². The van der Waals surface area contributed by atoms with Gasteiger partial charge in [0.25, 0.3) is 0 Å². The van der Waals surface area contributed by atoms with Crippen LogP contribution in [0.4, 0.5) is 5.82 Å². The van der Waals surface area contributed by atoms with Crippen LogP contribution in [0.1, 0.15) is 6.42 Å². The molecule has 6 heteroatoms. The van der Waals surface area contributed by atoms with Crippen LogP contribution < -0.4 is 10.2 Å². The van der Waals surface area contributed by atoms with E-state index in [1.54, 1.807) is 6.20 Å². The maximum atomic E-state index is 5.74. The normalized spacial score (nSPS) is 16.7. The summed E-state index contributed by atoms with van der Waals surface area (Å²) in [6.45, 7) is 4.09. The molecule has 1 aliphatic heterocycles. The summed E-state index contributed by atoms with van der Waals surface area (Å²) in [6.07, 6.45) is 2.84. The monoisotopic (exact) mass is 248 g/mol. The summed E-state index contributed by atoms with van der Waals surface area (Å²) in [4.78, 5) is 10.3. The predicted octanol–water partition coefficient (Wildman–Crippen LogP) is 1.35. The number of nitrogens with zero attached hydrogens (tertiary/aromatic N) is 3. The van der Waals surface area contributed by atoms with E-state index in [-0.39, 0.29) is 12.4 Å². The van der Waals surface area contributed by atoms with Gasteiger partial charge >= 0.3 is 0 Å². The smallest absolute Gasteiger partial charge is 0.224 e. The molecule has 0 unspecified atom stereocenters. The zero-order valence-electron chi connectivity index (χ0n) is 8.32. The Morgan fingerprint density at radius 2 is 2.20 bits per heavy atom. The minimum absolute atomic E-state index is 0. The van der Waals surface area contributed by atoms with Crippen LogP contribution in [0.2, 0.25) is 5.28 Å². The van der Waals surface area contributed by atoms with E-state index in [1.807, 2.05) is 6.07 Å². The fraction of sp³-hybridized carbons (Fsp3) is 0.556. The van der Waals surface area contributed by atoms with Gasteiger partial charge in [0.15, 0.2) is 0 Å². The lowest BCUT2D eigenvalue weighted by Gasteiger charge is -2.20. The van der Waals surface area contributed by atoms with Crippen LogP contribution in [0.25, 0.3) is 0 Å². The molecule has 1 fully saturated rings. The molecular weight excluding hydrogens is 235 g/mol. The molecule has 1 saturated heterocycles. The summed E-state index contributed by atoms with van der Waals surface area (Å²) >= 11 is 5.74. The lowest BCUT2D eigenvalue weighted by atomic mass is 10.4. The van der Waals surface area contributed by atoms with Gasteiger partial charge in [0.1, 0.15) is 5.82 Å². The molecule has 0 bridgehead atoms. The van der Waals surface area contributed by atoms with E-state index in [0.29, 0.717) is 5.28 Å². The fourth-order valence-electron chi connectivity index (χ4n) is 1.58. The van der Waals surface area contributed by atoms with Crippen LogP contribution in [-0.2, 0) is 0 Å². The molecule has 1 aromatic rings. The maximum Gasteiger partial charge on any atom is 0.224 e. The van der Waals surface area contributed by atoms with Gasteiger partial charge in [-0.25, -0.2) is 9.97 Å². The molecule has 0 aromatic carbocycles. The van der Waals surface area contributed by atoms with Crippen molar-refractivity contribution in [1.29, 1.82) is 0 Å². The molecule has 84 valence electrons. The Labute approximate surface area is 100 Å². The third kappa shape index (κ3) is 3.48. The summed E-state index contributed by atoms with van der Waals surface area (Å²) in [6, 6.07) is 1.90. The third-order valence-corrected chi connectivity index (χ3v) is 2.46. The highest BCUT2D eigenvalue weighted by Gasteiger charge is 2.10. The summed E-state index contributed by atoms with van der Waals surface area (Å²) in [5.74, 6) is 0.925. The van der Waals surface area contributed by atoms with Gasteiger partial charge in [-0.3, -0.25) is 0 Å². The quantitative estimate of drug-likeness (QED) is 0.763. The van der Waals surface area contributed by atoms with E-state index in [4.69, 9.17) is 11.6 Å². The molecule has 0 saturated carbocycles. The number of hydrogen-bond acceptors (Lipinski definition) is 4. The highest BCUT2D eigenvalue weighted by atomic mass is 35.5. The first-order chi connectivity index (χ1) is 6.86. The first-order valence-corrected chi connectivity index (χ1v) is 5.18. The first kappa shape index (κ1) is 12.5. The van der Waals surface area contributed by atoms with Crippen molar-refractivity contribution >= 4 is 29.8 Å². The second-order valence-corrected chi connectivity index (χ2v) is 3.61. The van der Waals surface area contributed by atoms with Crippen molar-refractivity contribution in [3.63, 3.8) is 0 Å². The zero-order chi connectivity index (χ0) is 9.80. The lowest BCUT2D eigenvalue weighted by Crippen LogP contribution is -2.28. The molecule has 0 amide bonds.